The number of hydrogen-bond acceptors (Lipinski definition) is 5. The maximum absolute atomic E-state index is 13.1. The molecule has 0 saturated carbocycles. The van der Waals surface area contributed by atoms with Crippen molar-refractivity contribution in [1.29, 1.82) is 0 Å². The molecule has 3 rings (SSSR count). The number of nitrogens with two attached hydrogens (primary N) is 1. The van der Waals surface area contributed by atoms with Crippen molar-refractivity contribution in [3.63, 3.8) is 0 Å². The van der Waals surface area contributed by atoms with E-state index in [1.165, 1.54) is 13.2 Å². The van der Waals surface area contributed by atoms with Gasteiger partial charge in [0.1, 0.15) is 11.6 Å². The van der Waals surface area contributed by atoms with E-state index in [2.05, 4.69) is 31.2 Å². The van der Waals surface area contributed by atoms with Crippen molar-refractivity contribution in [1.82, 2.24) is 9.97 Å². The summed E-state index contributed by atoms with van der Waals surface area (Å²) < 4.78 is 45.4. The van der Waals surface area contributed by atoms with E-state index in [4.69, 9.17) is 10.5 Å². The van der Waals surface area contributed by atoms with Gasteiger partial charge in [0.2, 0.25) is 5.82 Å². The maximum atomic E-state index is 13.1. The lowest BCUT2D eigenvalue weighted by atomic mass is 10.1. The molecule has 3 N–H and O–H groups in total. The molecular weight excluding hydrogens is 425 g/mol. The second-order valence-corrected chi connectivity index (χ2v) is 6.64. The number of anilines is 1. The van der Waals surface area contributed by atoms with Gasteiger partial charge in [0.05, 0.1) is 12.6 Å². The summed E-state index contributed by atoms with van der Waals surface area (Å²) >= 11 is 3.42. The highest BCUT2D eigenvalue weighted by Crippen LogP contribution is 2.32. The van der Waals surface area contributed by atoms with Gasteiger partial charge in [-0.2, -0.15) is 13.2 Å². The van der Waals surface area contributed by atoms with E-state index in [-0.39, 0.29) is 17.9 Å². The topological polar surface area (TPSA) is 73.1 Å². The number of ether oxygens (including phenoxy) is 1. The molecule has 0 aliphatic rings. The average Bonchev–Trinajstić information content (AvgIpc) is 2.64. The van der Waals surface area contributed by atoms with Gasteiger partial charge in [-0.15, -0.1) is 0 Å². The van der Waals surface area contributed by atoms with Crippen LogP contribution in [0.15, 0.2) is 46.9 Å². The normalized spacial score (nSPS) is 12.8. The number of benzene rings is 2. The number of nitrogens with one attached hydrogen (secondary N) is 1. The van der Waals surface area contributed by atoms with Gasteiger partial charge in [0, 0.05) is 22.4 Å². The first-order chi connectivity index (χ1) is 12.8. The molecule has 27 heavy (non-hydrogen) atoms. The molecule has 0 aliphatic heterocycles. The van der Waals surface area contributed by atoms with Crippen LogP contribution in [-0.4, -0.2) is 23.6 Å². The minimum atomic E-state index is -4.66. The first kappa shape index (κ1) is 19.4. The molecule has 0 fully saturated rings. The smallest absolute Gasteiger partial charge is 0.451 e. The van der Waals surface area contributed by atoms with Gasteiger partial charge in [-0.05, 0) is 29.8 Å². The lowest BCUT2D eigenvalue weighted by molar-refractivity contribution is -0.144. The molecule has 0 amide bonds. The third kappa shape index (κ3) is 4.30. The molecule has 0 bridgehead atoms. The molecule has 1 heterocycles. The SMILES string of the molecule is COc1ccc2nc(C(F)(F)F)nc(NCC(N)c3ccccc3Br)c2c1. The fourth-order valence-corrected chi connectivity index (χ4v) is 3.17. The number of fused-ring (bicyclic) bond motifs is 1. The molecule has 142 valence electrons. The summed E-state index contributed by atoms with van der Waals surface area (Å²) in [6.45, 7) is 0.184. The number of halogens is 4. The maximum Gasteiger partial charge on any atom is 0.451 e. The first-order valence-electron chi connectivity index (χ1n) is 7.96. The molecule has 0 spiro atoms. The Bertz CT molecular complexity index is 965. The van der Waals surface area contributed by atoms with Gasteiger partial charge >= 0.3 is 6.18 Å². The number of alkyl halides is 3. The highest BCUT2D eigenvalue weighted by Gasteiger charge is 2.35. The van der Waals surface area contributed by atoms with Gasteiger partial charge in [0.25, 0.3) is 0 Å². The summed E-state index contributed by atoms with van der Waals surface area (Å²) in [7, 11) is 1.47. The Morgan fingerprint density at radius 2 is 1.93 bits per heavy atom. The monoisotopic (exact) mass is 440 g/mol. The van der Waals surface area contributed by atoms with Crippen LogP contribution in [0.5, 0.6) is 5.75 Å². The zero-order chi connectivity index (χ0) is 19.6. The number of aromatic nitrogens is 2. The molecule has 9 heteroatoms. The molecule has 1 atom stereocenters. The van der Waals surface area contributed by atoms with E-state index in [1.807, 2.05) is 24.3 Å². The van der Waals surface area contributed by atoms with Gasteiger partial charge < -0.3 is 15.8 Å². The van der Waals surface area contributed by atoms with Crippen LogP contribution < -0.4 is 15.8 Å². The summed E-state index contributed by atoms with van der Waals surface area (Å²) in [4.78, 5) is 7.28. The number of nitrogens with zero attached hydrogens (tertiary/aromatic N) is 2. The van der Waals surface area contributed by atoms with Gasteiger partial charge in [-0.25, -0.2) is 9.97 Å². The van der Waals surface area contributed by atoms with Crippen molar-refractivity contribution in [2.24, 2.45) is 5.73 Å². The summed E-state index contributed by atoms with van der Waals surface area (Å²) in [5.41, 5.74) is 7.18. The van der Waals surface area contributed by atoms with Crippen molar-refractivity contribution >= 4 is 32.7 Å². The molecule has 0 saturated heterocycles. The Kier molecular flexibility index (Phi) is 5.52. The van der Waals surface area contributed by atoms with Crippen molar-refractivity contribution < 1.29 is 17.9 Å². The molecule has 5 nitrogen and oxygen atoms in total. The van der Waals surface area contributed by atoms with Crippen LogP contribution in [0.2, 0.25) is 0 Å². The molecule has 3 aromatic rings. The number of rotatable bonds is 5. The minimum absolute atomic E-state index is 0.0497. The lowest BCUT2D eigenvalue weighted by Crippen LogP contribution is -2.22. The Balaban J connectivity index is 1.97. The van der Waals surface area contributed by atoms with Crippen LogP contribution in [0.25, 0.3) is 10.9 Å². The second-order valence-electron chi connectivity index (χ2n) is 5.79. The largest absolute Gasteiger partial charge is 0.497 e. The molecule has 2 aromatic carbocycles. The van der Waals surface area contributed by atoms with E-state index >= 15 is 0 Å². The van der Waals surface area contributed by atoms with E-state index in [1.54, 1.807) is 12.1 Å². The average molecular weight is 441 g/mol. The fraction of sp³-hybridized carbons (Fsp3) is 0.222. The molecule has 1 aromatic heterocycles. The highest BCUT2D eigenvalue weighted by atomic mass is 79.9. The van der Waals surface area contributed by atoms with Gasteiger partial charge in [-0.1, -0.05) is 34.1 Å². The van der Waals surface area contributed by atoms with E-state index in [0.29, 0.717) is 11.1 Å². The van der Waals surface area contributed by atoms with Crippen LogP contribution in [0.1, 0.15) is 17.4 Å². The van der Waals surface area contributed by atoms with E-state index < -0.39 is 18.0 Å². The molecule has 0 radical (unpaired) electrons. The van der Waals surface area contributed by atoms with Crippen molar-refractivity contribution in [3.8, 4) is 5.75 Å². The summed E-state index contributed by atoms with van der Waals surface area (Å²) in [6, 6.07) is 11.5. The predicted molar refractivity (Wildman–Crippen MR) is 101 cm³/mol. The standard InChI is InChI=1S/C18H16BrF3N4O/c1-27-10-6-7-15-12(8-10)16(26-17(25-15)18(20,21)22)24-9-14(23)11-4-2-3-5-13(11)19/h2-8,14H,9,23H2,1H3,(H,24,25,26). The van der Waals surface area contributed by atoms with Crippen LogP contribution in [-0.2, 0) is 6.18 Å². The number of methoxy groups -OCH3 is 1. The minimum Gasteiger partial charge on any atom is -0.497 e. The van der Waals surface area contributed by atoms with E-state index in [0.717, 1.165) is 10.0 Å². The summed E-state index contributed by atoms with van der Waals surface area (Å²) in [5, 5.41) is 3.34. The molecular formula is C18H16BrF3N4O. The summed E-state index contributed by atoms with van der Waals surface area (Å²) in [5.74, 6) is -0.671. The lowest BCUT2D eigenvalue weighted by Gasteiger charge is -2.17. The Morgan fingerprint density at radius 1 is 1.19 bits per heavy atom. The quantitative estimate of drug-likeness (QED) is 0.609. The van der Waals surface area contributed by atoms with Crippen LogP contribution >= 0.6 is 15.9 Å². The predicted octanol–water partition coefficient (Wildman–Crippen LogP) is 4.53. The van der Waals surface area contributed by atoms with Crippen LogP contribution in [0.4, 0.5) is 19.0 Å². The number of hydrogen-bond donors (Lipinski definition) is 2. The van der Waals surface area contributed by atoms with Gasteiger partial charge in [-0.3, -0.25) is 0 Å². The first-order valence-corrected chi connectivity index (χ1v) is 8.75. The zero-order valence-corrected chi connectivity index (χ0v) is 15.8. The van der Waals surface area contributed by atoms with Crippen molar-refractivity contribution in [2.75, 3.05) is 19.0 Å². The Morgan fingerprint density at radius 3 is 2.59 bits per heavy atom. The van der Waals surface area contributed by atoms with E-state index in [9.17, 15) is 13.2 Å². The Labute approximate surface area is 161 Å². The zero-order valence-electron chi connectivity index (χ0n) is 14.2. The third-order valence-electron chi connectivity index (χ3n) is 3.95. The molecule has 0 aliphatic carbocycles. The molecule has 1 unspecified atom stereocenters. The van der Waals surface area contributed by atoms with Crippen molar-refractivity contribution in [3.05, 3.63) is 58.3 Å². The van der Waals surface area contributed by atoms with Crippen LogP contribution in [0.3, 0.4) is 0 Å². The Hall–Kier alpha value is -2.39. The van der Waals surface area contributed by atoms with Gasteiger partial charge in [0.15, 0.2) is 0 Å². The summed E-state index contributed by atoms with van der Waals surface area (Å²) in [6.07, 6.45) is -4.66. The van der Waals surface area contributed by atoms with Crippen molar-refractivity contribution in [2.45, 2.75) is 12.2 Å². The fourth-order valence-electron chi connectivity index (χ4n) is 2.59. The highest BCUT2D eigenvalue weighted by molar-refractivity contribution is 9.10. The van der Waals surface area contributed by atoms with Crippen LogP contribution in [0, 0.1) is 0 Å². The third-order valence-corrected chi connectivity index (χ3v) is 4.67. The second kappa shape index (κ2) is 7.69.